The monoisotopic (exact) mass is 344 g/mol. The number of anilines is 2. The lowest BCUT2D eigenvalue weighted by molar-refractivity contribution is -0.0432. The van der Waals surface area contributed by atoms with Crippen LogP contribution in [0.5, 0.6) is 0 Å². The Kier molecular flexibility index (Phi) is 3.92. The van der Waals surface area contributed by atoms with Crippen molar-refractivity contribution in [2.45, 2.75) is 24.9 Å². The molecule has 1 fully saturated rings. The molecule has 0 unspecified atom stereocenters. The van der Waals surface area contributed by atoms with Gasteiger partial charge in [-0.05, 0) is 12.1 Å². The fraction of sp³-hybridized carbons (Fsp3) is 0.333. The number of hydrogen-bond acceptors (Lipinski definition) is 8. The Labute approximate surface area is 141 Å². The van der Waals surface area contributed by atoms with Gasteiger partial charge in [0.1, 0.15) is 12.3 Å². The average molecular weight is 344 g/mol. The average Bonchev–Trinajstić information content (AvgIpc) is 3.19. The molecule has 130 valence electrons. The van der Waals surface area contributed by atoms with Gasteiger partial charge in [0, 0.05) is 24.5 Å². The van der Waals surface area contributed by atoms with Gasteiger partial charge in [0.15, 0.2) is 11.2 Å². The van der Waals surface area contributed by atoms with Gasteiger partial charge in [-0.15, -0.1) is 0 Å². The summed E-state index contributed by atoms with van der Waals surface area (Å²) >= 11 is 0. The van der Waals surface area contributed by atoms with Crippen molar-refractivity contribution >= 4 is 22.8 Å². The molecule has 10 nitrogen and oxygen atoms in total. The number of H-pyrrole nitrogens is 1. The molecule has 3 atom stereocenters. The van der Waals surface area contributed by atoms with Crippen LogP contribution in [0.3, 0.4) is 0 Å². The maximum absolute atomic E-state index is 12.2. The number of rotatable bonds is 4. The van der Waals surface area contributed by atoms with Crippen molar-refractivity contribution in [2.75, 3.05) is 11.9 Å². The van der Waals surface area contributed by atoms with E-state index in [0.717, 1.165) is 5.69 Å². The van der Waals surface area contributed by atoms with Crippen molar-refractivity contribution in [2.24, 2.45) is 0 Å². The van der Waals surface area contributed by atoms with Gasteiger partial charge in [0.05, 0.1) is 19.0 Å². The maximum atomic E-state index is 12.2. The van der Waals surface area contributed by atoms with Crippen LogP contribution in [-0.2, 0) is 4.74 Å². The SMILES string of the molecule is O=c1[nH]c(Nc2ccncc2)nc2c1ncn2[C@H]1C[C@H](O)[C@@H](CO)O1. The molecule has 4 rings (SSSR count). The Morgan fingerprint density at radius 2 is 2.20 bits per heavy atom. The summed E-state index contributed by atoms with van der Waals surface area (Å²) in [6, 6.07) is 3.48. The lowest BCUT2D eigenvalue weighted by Crippen LogP contribution is -2.24. The Morgan fingerprint density at radius 1 is 1.40 bits per heavy atom. The lowest BCUT2D eigenvalue weighted by atomic mass is 10.2. The number of ether oxygens (including phenoxy) is 1. The van der Waals surface area contributed by atoms with Crippen LogP contribution in [0.25, 0.3) is 11.2 Å². The van der Waals surface area contributed by atoms with E-state index in [2.05, 4.69) is 25.3 Å². The summed E-state index contributed by atoms with van der Waals surface area (Å²) in [6.07, 6.45) is 2.94. The van der Waals surface area contributed by atoms with Crippen LogP contribution in [-0.4, -0.2) is 53.5 Å². The van der Waals surface area contributed by atoms with E-state index in [0.29, 0.717) is 5.65 Å². The molecule has 0 radical (unpaired) electrons. The number of aromatic amines is 1. The Morgan fingerprint density at radius 3 is 2.92 bits per heavy atom. The maximum Gasteiger partial charge on any atom is 0.280 e. The highest BCUT2D eigenvalue weighted by Gasteiger charge is 2.35. The first-order chi connectivity index (χ1) is 12.2. The highest BCUT2D eigenvalue weighted by Crippen LogP contribution is 2.30. The number of nitrogens with one attached hydrogen (secondary N) is 2. The number of aliphatic hydroxyl groups excluding tert-OH is 2. The van der Waals surface area contributed by atoms with E-state index in [1.165, 1.54) is 6.33 Å². The van der Waals surface area contributed by atoms with Crippen molar-refractivity contribution in [3.8, 4) is 0 Å². The molecule has 1 aliphatic heterocycles. The normalized spacial score (nSPS) is 23.2. The number of pyridine rings is 1. The third-order valence-corrected chi connectivity index (χ3v) is 4.07. The summed E-state index contributed by atoms with van der Waals surface area (Å²) in [5.41, 5.74) is 0.830. The highest BCUT2D eigenvalue weighted by atomic mass is 16.5. The topological polar surface area (TPSA) is 138 Å². The van der Waals surface area contributed by atoms with Crippen molar-refractivity contribution in [1.82, 2.24) is 24.5 Å². The first-order valence-corrected chi connectivity index (χ1v) is 7.74. The van der Waals surface area contributed by atoms with E-state index >= 15 is 0 Å². The van der Waals surface area contributed by atoms with E-state index in [1.807, 2.05) is 0 Å². The zero-order valence-electron chi connectivity index (χ0n) is 13.0. The van der Waals surface area contributed by atoms with Gasteiger partial charge < -0.3 is 20.3 Å². The molecule has 10 heteroatoms. The predicted octanol–water partition coefficient (Wildman–Crippen LogP) is -0.101. The second kappa shape index (κ2) is 6.24. The molecule has 4 heterocycles. The summed E-state index contributed by atoms with van der Waals surface area (Å²) in [5, 5.41) is 22.1. The van der Waals surface area contributed by atoms with Crippen LogP contribution in [0.4, 0.5) is 11.6 Å². The van der Waals surface area contributed by atoms with Gasteiger partial charge in [-0.1, -0.05) is 0 Å². The van der Waals surface area contributed by atoms with Crippen molar-refractivity contribution < 1.29 is 14.9 Å². The lowest BCUT2D eigenvalue weighted by Gasteiger charge is -2.14. The second-order valence-electron chi connectivity index (χ2n) is 5.71. The Balaban J connectivity index is 1.71. The number of hydrogen-bond donors (Lipinski definition) is 4. The fourth-order valence-corrected chi connectivity index (χ4v) is 2.82. The Bertz CT molecular complexity index is 940. The Hall–Kier alpha value is -2.82. The summed E-state index contributed by atoms with van der Waals surface area (Å²) in [5.74, 6) is 0.253. The molecular formula is C15H16N6O4. The van der Waals surface area contributed by atoms with Crippen molar-refractivity contribution in [1.29, 1.82) is 0 Å². The third kappa shape index (κ3) is 2.86. The fourth-order valence-electron chi connectivity index (χ4n) is 2.82. The number of fused-ring (bicyclic) bond motifs is 1. The van der Waals surface area contributed by atoms with E-state index in [4.69, 9.17) is 4.74 Å². The van der Waals surface area contributed by atoms with Crippen LogP contribution >= 0.6 is 0 Å². The molecule has 3 aromatic heterocycles. The van der Waals surface area contributed by atoms with Gasteiger partial charge in [-0.2, -0.15) is 4.98 Å². The summed E-state index contributed by atoms with van der Waals surface area (Å²) in [6.45, 7) is -0.285. The second-order valence-corrected chi connectivity index (χ2v) is 5.71. The van der Waals surface area contributed by atoms with Crippen LogP contribution in [0.1, 0.15) is 12.6 Å². The molecular weight excluding hydrogens is 328 g/mol. The first-order valence-electron chi connectivity index (χ1n) is 7.74. The minimum atomic E-state index is -0.788. The zero-order valence-corrected chi connectivity index (χ0v) is 13.0. The molecule has 1 aliphatic rings. The minimum Gasteiger partial charge on any atom is -0.394 e. The molecule has 0 saturated carbocycles. The van der Waals surface area contributed by atoms with E-state index < -0.39 is 24.0 Å². The van der Waals surface area contributed by atoms with Crippen LogP contribution in [0.2, 0.25) is 0 Å². The molecule has 3 aromatic rings. The van der Waals surface area contributed by atoms with Crippen LogP contribution < -0.4 is 10.9 Å². The molecule has 0 bridgehead atoms. The molecule has 0 amide bonds. The number of imidazole rings is 1. The van der Waals surface area contributed by atoms with Gasteiger partial charge in [-0.3, -0.25) is 19.3 Å². The molecule has 4 N–H and O–H groups in total. The third-order valence-electron chi connectivity index (χ3n) is 4.07. The van der Waals surface area contributed by atoms with Gasteiger partial charge in [0.2, 0.25) is 5.95 Å². The highest BCUT2D eigenvalue weighted by molar-refractivity contribution is 5.71. The number of aliphatic hydroxyl groups is 2. The van der Waals surface area contributed by atoms with Gasteiger partial charge >= 0.3 is 0 Å². The van der Waals surface area contributed by atoms with Crippen molar-refractivity contribution in [3.05, 3.63) is 41.2 Å². The minimum absolute atomic E-state index is 0.172. The molecule has 0 spiro atoms. The van der Waals surface area contributed by atoms with Crippen LogP contribution in [0, 0.1) is 0 Å². The van der Waals surface area contributed by atoms with Gasteiger partial charge in [-0.25, -0.2) is 4.98 Å². The summed E-state index contributed by atoms with van der Waals surface area (Å²) in [7, 11) is 0. The van der Waals surface area contributed by atoms with E-state index in [-0.39, 0.29) is 24.5 Å². The molecule has 0 aliphatic carbocycles. The van der Waals surface area contributed by atoms with Crippen molar-refractivity contribution in [3.63, 3.8) is 0 Å². The van der Waals surface area contributed by atoms with Crippen LogP contribution in [0.15, 0.2) is 35.6 Å². The standard InChI is InChI=1S/C15H16N6O4/c22-6-10-9(23)5-11(25-10)21-7-17-12-13(21)19-15(20-14(12)24)18-8-1-3-16-4-2-8/h1-4,7,9-11,22-23H,5-6H2,(H2,16,18,19,20,24)/t9-,10+,11+/m0/s1. The molecule has 1 saturated heterocycles. The number of aromatic nitrogens is 5. The van der Waals surface area contributed by atoms with E-state index in [1.54, 1.807) is 29.1 Å². The summed E-state index contributed by atoms with van der Waals surface area (Å²) in [4.78, 5) is 27.3. The van der Waals surface area contributed by atoms with Gasteiger partial charge in [0.25, 0.3) is 5.56 Å². The molecule has 0 aromatic carbocycles. The number of nitrogens with zero attached hydrogens (tertiary/aromatic N) is 4. The molecule has 25 heavy (non-hydrogen) atoms. The van der Waals surface area contributed by atoms with E-state index in [9.17, 15) is 15.0 Å². The smallest absolute Gasteiger partial charge is 0.280 e. The quantitative estimate of drug-likeness (QED) is 0.515. The largest absolute Gasteiger partial charge is 0.394 e. The first kappa shape index (κ1) is 15.7. The zero-order chi connectivity index (χ0) is 17.4. The summed E-state index contributed by atoms with van der Waals surface area (Å²) < 4.78 is 7.20. The predicted molar refractivity (Wildman–Crippen MR) is 87.3 cm³/mol.